The Morgan fingerprint density at radius 3 is 2.50 bits per heavy atom. The predicted molar refractivity (Wildman–Crippen MR) is 41.8 cm³/mol. The molecule has 10 heavy (non-hydrogen) atoms. The van der Waals surface area contributed by atoms with Gasteiger partial charge >= 0.3 is 0 Å². The first-order valence-electron chi connectivity index (χ1n) is 3.70. The van der Waals surface area contributed by atoms with Crippen LogP contribution in [0.4, 0.5) is 0 Å². The molecular formula is C8H14N2. The van der Waals surface area contributed by atoms with Crippen molar-refractivity contribution in [2.45, 2.75) is 26.7 Å². The van der Waals surface area contributed by atoms with Crippen molar-refractivity contribution in [3.8, 4) is 0 Å². The molecule has 0 aliphatic heterocycles. The van der Waals surface area contributed by atoms with Gasteiger partial charge in [0.1, 0.15) is 0 Å². The first-order chi connectivity index (χ1) is 4.72. The van der Waals surface area contributed by atoms with Gasteiger partial charge in [-0.1, -0.05) is 20.8 Å². The van der Waals surface area contributed by atoms with Crippen LogP contribution in [0.15, 0.2) is 12.5 Å². The van der Waals surface area contributed by atoms with Gasteiger partial charge in [0, 0.05) is 17.8 Å². The van der Waals surface area contributed by atoms with Crippen LogP contribution >= 0.6 is 0 Å². The topological polar surface area (TPSA) is 28.7 Å². The molecule has 1 N–H and O–H groups in total. The van der Waals surface area contributed by atoms with Crippen molar-refractivity contribution in [1.29, 1.82) is 0 Å². The normalized spacial score (nSPS) is 14.0. The van der Waals surface area contributed by atoms with Gasteiger partial charge in [0.2, 0.25) is 0 Å². The van der Waals surface area contributed by atoms with E-state index in [4.69, 9.17) is 0 Å². The van der Waals surface area contributed by atoms with E-state index in [2.05, 4.69) is 30.7 Å². The zero-order chi connectivity index (χ0) is 7.56. The smallest absolute Gasteiger partial charge is 0.0921 e. The van der Waals surface area contributed by atoms with E-state index >= 15 is 0 Å². The molecule has 1 aromatic rings. The minimum absolute atomic E-state index is 0.586. The maximum atomic E-state index is 3.97. The van der Waals surface area contributed by atoms with Crippen molar-refractivity contribution in [3.05, 3.63) is 18.2 Å². The summed E-state index contributed by atoms with van der Waals surface area (Å²) in [5, 5.41) is 0. The number of imidazole rings is 1. The number of nitrogens with one attached hydrogen (secondary N) is 1. The van der Waals surface area contributed by atoms with Gasteiger partial charge in [0.05, 0.1) is 6.33 Å². The van der Waals surface area contributed by atoms with E-state index in [1.165, 1.54) is 5.69 Å². The van der Waals surface area contributed by atoms with E-state index in [-0.39, 0.29) is 0 Å². The largest absolute Gasteiger partial charge is 0.348 e. The summed E-state index contributed by atoms with van der Waals surface area (Å²) in [7, 11) is 0. The molecule has 1 aromatic heterocycles. The summed E-state index contributed by atoms with van der Waals surface area (Å²) in [6.07, 6.45) is 3.62. The Balaban J connectivity index is 2.68. The van der Waals surface area contributed by atoms with Crippen molar-refractivity contribution in [3.63, 3.8) is 0 Å². The lowest BCUT2D eigenvalue weighted by Gasteiger charge is -2.12. The fourth-order valence-electron chi connectivity index (χ4n) is 0.875. The van der Waals surface area contributed by atoms with Crippen LogP contribution in [-0.4, -0.2) is 9.97 Å². The third-order valence-corrected chi connectivity index (χ3v) is 2.01. The fraction of sp³-hybridized carbons (Fsp3) is 0.625. The van der Waals surface area contributed by atoms with Gasteiger partial charge in [-0.25, -0.2) is 4.98 Å². The number of H-pyrrole nitrogens is 1. The molecule has 2 heteroatoms. The molecule has 0 aromatic carbocycles. The lowest BCUT2D eigenvalue weighted by atomic mass is 9.95. The van der Waals surface area contributed by atoms with E-state index in [1.807, 2.05) is 6.20 Å². The second kappa shape index (κ2) is 2.86. The van der Waals surface area contributed by atoms with Crippen LogP contribution in [0.3, 0.4) is 0 Å². The van der Waals surface area contributed by atoms with Crippen LogP contribution in [0.2, 0.25) is 0 Å². The van der Waals surface area contributed by atoms with Gasteiger partial charge in [0.25, 0.3) is 0 Å². The van der Waals surface area contributed by atoms with Crippen LogP contribution < -0.4 is 0 Å². The Kier molecular flexibility index (Phi) is 2.10. The molecule has 0 fully saturated rings. The van der Waals surface area contributed by atoms with Gasteiger partial charge in [-0.05, 0) is 5.92 Å². The Morgan fingerprint density at radius 1 is 1.40 bits per heavy atom. The Bertz CT molecular complexity index is 177. The quantitative estimate of drug-likeness (QED) is 0.666. The molecule has 0 aliphatic rings. The molecule has 1 rings (SSSR count). The van der Waals surface area contributed by atoms with E-state index in [0.717, 1.165) is 0 Å². The van der Waals surface area contributed by atoms with Gasteiger partial charge in [0.15, 0.2) is 0 Å². The second-order valence-electron chi connectivity index (χ2n) is 3.04. The van der Waals surface area contributed by atoms with Gasteiger partial charge in [-0.15, -0.1) is 0 Å². The molecule has 0 amide bonds. The lowest BCUT2D eigenvalue weighted by molar-refractivity contribution is 0.525. The number of aromatic amines is 1. The highest BCUT2D eigenvalue weighted by atomic mass is 14.9. The first-order valence-corrected chi connectivity index (χ1v) is 3.70. The molecule has 0 unspecified atom stereocenters. The molecule has 0 bridgehead atoms. The van der Waals surface area contributed by atoms with Crippen LogP contribution in [-0.2, 0) is 0 Å². The van der Waals surface area contributed by atoms with Gasteiger partial charge in [-0.2, -0.15) is 0 Å². The van der Waals surface area contributed by atoms with Crippen LogP contribution in [0, 0.1) is 5.92 Å². The minimum atomic E-state index is 0.586. The molecule has 0 saturated heterocycles. The third-order valence-electron chi connectivity index (χ3n) is 2.01. The SMILES string of the molecule is CC(C)[C@@H](C)c1cnc[nH]1. The van der Waals surface area contributed by atoms with Crippen molar-refractivity contribution >= 4 is 0 Å². The number of aromatic nitrogens is 2. The van der Waals surface area contributed by atoms with Crippen molar-refractivity contribution in [2.75, 3.05) is 0 Å². The third kappa shape index (κ3) is 1.38. The molecule has 0 spiro atoms. The highest BCUT2D eigenvalue weighted by Gasteiger charge is 2.09. The average molecular weight is 138 g/mol. The number of hydrogen-bond donors (Lipinski definition) is 1. The van der Waals surface area contributed by atoms with E-state index < -0.39 is 0 Å². The number of hydrogen-bond acceptors (Lipinski definition) is 1. The summed E-state index contributed by atoms with van der Waals surface area (Å²) < 4.78 is 0. The van der Waals surface area contributed by atoms with E-state index in [0.29, 0.717) is 11.8 Å². The maximum absolute atomic E-state index is 3.97. The molecule has 1 heterocycles. The lowest BCUT2D eigenvalue weighted by Crippen LogP contribution is -2.01. The molecule has 0 radical (unpaired) electrons. The monoisotopic (exact) mass is 138 g/mol. The molecule has 56 valence electrons. The number of rotatable bonds is 2. The molecule has 0 saturated carbocycles. The zero-order valence-electron chi connectivity index (χ0n) is 6.76. The number of nitrogens with zero attached hydrogens (tertiary/aromatic N) is 1. The van der Waals surface area contributed by atoms with Crippen molar-refractivity contribution in [2.24, 2.45) is 5.92 Å². The highest BCUT2D eigenvalue weighted by molar-refractivity contribution is 5.02. The summed E-state index contributed by atoms with van der Waals surface area (Å²) in [5.74, 6) is 1.27. The standard InChI is InChI=1S/C8H14N2/c1-6(2)7(3)8-4-9-5-10-8/h4-7H,1-3H3,(H,9,10)/t7-/m1/s1. The first kappa shape index (κ1) is 7.32. The van der Waals surface area contributed by atoms with Gasteiger partial charge < -0.3 is 4.98 Å². The van der Waals surface area contributed by atoms with E-state index in [1.54, 1.807) is 6.33 Å². The summed E-state index contributed by atoms with van der Waals surface area (Å²) in [6.45, 7) is 6.63. The van der Waals surface area contributed by atoms with Crippen LogP contribution in [0.1, 0.15) is 32.4 Å². The molecule has 1 atom stereocenters. The predicted octanol–water partition coefficient (Wildman–Crippen LogP) is 2.17. The molecular weight excluding hydrogens is 124 g/mol. The maximum Gasteiger partial charge on any atom is 0.0921 e. The summed E-state index contributed by atoms with van der Waals surface area (Å²) >= 11 is 0. The summed E-state index contributed by atoms with van der Waals surface area (Å²) in [5.41, 5.74) is 1.23. The van der Waals surface area contributed by atoms with Gasteiger partial charge in [-0.3, -0.25) is 0 Å². The summed E-state index contributed by atoms with van der Waals surface area (Å²) in [6, 6.07) is 0. The fourth-order valence-corrected chi connectivity index (χ4v) is 0.875. The highest BCUT2D eigenvalue weighted by Crippen LogP contribution is 2.20. The average Bonchev–Trinajstić information content (AvgIpc) is 2.36. The Labute approximate surface area is 61.7 Å². The minimum Gasteiger partial charge on any atom is -0.348 e. The molecule has 0 aliphatic carbocycles. The van der Waals surface area contributed by atoms with Crippen LogP contribution in [0.5, 0.6) is 0 Å². The van der Waals surface area contributed by atoms with E-state index in [9.17, 15) is 0 Å². The second-order valence-corrected chi connectivity index (χ2v) is 3.04. The molecule has 2 nitrogen and oxygen atoms in total. The van der Waals surface area contributed by atoms with Crippen molar-refractivity contribution < 1.29 is 0 Å². The Hall–Kier alpha value is -0.790. The van der Waals surface area contributed by atoms with Crippen molar-refractivity contribution in [1.82, 2.24) is 9.97 Å². The summed E-state index contributed by atoms with van der Waals surface area (Å²) in [4.78, 5) is 7.08. The zero-order valence-corrected chi connectivity index (χ0v) is 6.76. The Morgan fingerprint density at radius 2 is 2.10 bits per heavy atom. The van der Waals surface area contributed by atoms with Crippen LogP contribution in [0.25, 0.3) is 0 Å².